The van der Waals surface area contributed by atoms with Gasteiger partial charge in [-0.25, -0.2) is 0 Å². The predicted molar refractivity (Wildman–Crippen MR) is 118 cm³/mol. The summed E-state index contributed by atoms with van der Waals surface area (Å²) in [5.74, 6) is -0.419. The first-order valence-electron chi connectivity index (χ1n) is 9.15. The lowest BCUT2D eigenvalue weighted by atomic mass is 10.0. The Labute approximate surface area is 185 Å². The van der Waals surface area contributed by atoms with Gasteiger partial charge >= 0.3 is 0 Å². The third-order valence-corrected chi connectivity index (χ3v) is 4.69. The quantitative estimate of drug-likeness (QED) is 0.436. The molecular weight excluding hydrogens is 429 g/mol. The molecule has 0 heterocycles. The number of amides is 1. The maximum Gasteiger partial charge on any atom is 0.273 e. The summed E-state index contributed by atoms with van der Waals surface area (Å²) >= 11 is 12.6. The topological polar surface area (TPSA) is 81.5 Å². The van der Waals surface area contributed by atoms with Gasteiger partial charge in [-0.15, -0.1) is 0 Å². The lowest BCUT2D eigenvalue weighted by Crippen LogP contribution is -2.29. The number of ether oxygens (including phenoxy) is 1. The molecule has 30 heavy (non-hydrogen) atoms. The number of likely N-dealkylation sites (N-methyl/N-ethyl adjacent to an activating group) is 1. The lowest BCUT2D eigenvalue weighted by molar-refractivity contribution is -0.114. The molecule has 0 radical (unpaired) electrons. The molecule has 7 nitrogen and oxygen atoms in total. The van der Waals surface area contributed by atoms with Crippen LogP contribution in [0.4, 0.5) is 0 Å². The summed E-state index contributed by atoms with van der Waals surface area (Å²) in [6.07, 6.45) is 0. The Morgan fingerprint density at radius 1 is 1.03 bits per heavy atom. The molecular formula is C21H23Cl2N3O4. The number of oxime groups is 2. The average molecular weight is 452 g/mol. The molecule has 0 spiro atoms. The van der Waals surface area contributed by atoms with E-state index in [9.17, 15) is 4.79 Å². The van der Waals surface area contributed by atoms with Crippen molar-refractivity contribution in [1.29, 1.82) is 0 Å². The normalized spacial score (nSPS) is 11.9. The van der Waals surface area contributed by atoms with Crippen LogP contribution in [0.5, 0.6) is 0 Å². The number of halogens is 2. The second-order valence-electron chi connectivity index (χ2n) is 5.90. The monoisotopic (exact) mass is 451 g/mol. The Kier molecular flexibility index (Phi) is 9.60. The maximum atomic E-state index is 12.2. The third-order valence-electron chi connectivity index (χ3n) is 4.01. The molecule has 0 unspecified atom stereocenters. The highest BCUT2D eigenvalue weighted by Gasteiger charge is 2.20. The smallest absolute Gasteiger partial charge is 0.273 e. The van der Waals surface area contributed by atoms with Crippen LogP contribution in [0, 0.1) is 0 Å². The molecule has 2 aromatic carbocycles. The van der Waals surface area contributed by atoms with E-state index in [-0.39, 0.29) is 18.9 Å². The van der Waals surface area contributed by atoms with Crippen molar-refractivity contribution in [3.8, 4) is 0 Å². The number of nitrogens with one attached hydrogen (secondary N) is 1. The molecule has 0 aliphatic heterocycles. The molecule has 0 bridgehead atoms. The zero-order valence-electron chi connectivity index (χ0n) is 16.9. The van der Waals surface area contributed by atoms with Crippen LogP contribution in [0.25, 0.3) is 0 Å². The fourth-order valence-corrected chi connectivity index (χ4v) is 3.05. The Bertz CT molecular complexity index is 932. The molecule has 0 atom stereocenters. The van der Waals surface area contributed by atoms with Gasteiger partial charge in [0, 0.05) is 40.4 Å². The molecule has 0 aromatic heterocycles. The number of nitrogens with zero attached hydrogens (tertiary/aromatic N) is 2. The van der Waals surface area contributed by atoms with Crippen LogP contribution in [0.15, 0.2) is 52.8 Å². The first kappa shape index (κ1) is 23.7. The van der Waals surface area contributed by atoms with Crippen LogP contribution in [0.1, 0.15) is 23.6 Å². The van der Waals surface area contributed by atoms with Gasteiger partial charge in [-0.05, 0) is 19.1 Å². The highest BCUT2D eigenvalue weighted by Crippen LogP contribution is 2.23. The predicted octanol–water partition coefficient (Wildman–Crippen LogP) is 4.05. The van der Waals surface area contributed by atoms with Gasteiger partial charge in [-0.3, -0.25) is 4.79 Å². The van der Waals surface area contributed by atoms with Crippen LogP contribution >= 0.6 is 23.2 Å². The van der Waals surface area contributed by atoms with Crippen molar-refractivity contribution in [1.82, 2.24) is 5.32 Å². The molecule has 1 N–H and O–H groups in total. The number of rotatable bonds is 10. The van der Waals surface area contributed by atoms with E-state index in [0.29, 0.717) is 39.1 Å². The molecule has 1 amide bonds. The van der Waals surface area contributed by atoms with E-state index < -0.39 is 5.91 Å². The molecule has 0 saturated heterocycles. The molecule has 9 heteroatoms. The molecule has 160 valence electrons. The number of hydrogen-bond acceptors (Lipinski definition) is 6. The van der Waals surface area contributed by atoms with E-state index in [1.807, 2.05) is 25.1 Å². The summed E-state index contributed by atoms with van der Waals surface area (Å²) < 4.78 is 5.49. The number of carbonyl (C=O) groups excluding carboxylic acids is 1. The van der Waals surface area contributed by atoms with Crippen molar-refractivity contribution >= 4 is 40.5 Å². The number of hydrogen-bond donors (Lipinski definition) is 1. The van der Waals surface area contributed by atoms with Crippen LogP contribution in [0.3, 0.4) is 0 Å². The Morgan fingerprint density at radius 2 is 1.73 bits per heavy atom. The summed E-state index contributed by atoms with van der Waals surface area (Å²) in [6, 6.07) is 12.4. The Morgan fingerprint density at radius 3 is 2.40 bits per heavy atom. The van der Waals surface area contributed by atoms with Gasteiger partial charge in [0.05, 0.1) is 6.61 Å². The largest absolute Gasteiger partial charge is 0.398 e. The molecule has 0 fully saturated rings. The fourth-order valence-electron chi connectivity index (χ4n) is 2.57. The third kappa shape index (κ3) is 6.19. The molecule has 0 aliphatic carbocycles. The van der Waals surface area contributed by atoms with E-state index in [1.54, 1.807) is 24.3 Å². The van der Waals surface area contributed by atoms with Gasteiger partial charge < -0.3 is 19.7 Å². The number of benzene rings is 2. The van der Waals surface area contributed by atoms with E-state index in [4.69, 9.17) is 37.6 Å². The minimum atomic E-state index is -0.419. The minimum Gasteiger partial charge on any atom is -0.398 e. The Balaban J connectivity index is 2.34. The lowest BCUT2D eigenvalue weighted by Gasteiger charge is -2.13. The van der Waals surface area contributed by atoms with E-state index in [1.165, 1.54) is 14.2 Å². The van der Waals surface area contributed by atoms with Crippen LogP contribution in [0.2, 0.25) is 10.0 Å². The first-order valence-corrected chi connectivity index (χ1v) is 9.91. The second kappa shape index (κ2) is 12.2. The minimum absolute atomic E-state index is 0.00515. The van der Waals surface area contributed by atoms with Gasteiger partial charge in [0.15, 0.2) is 5.71 Å². The van der Waals surface area contributed by atoms with Crippen molar-refractivity contribution < 1.29 is 19.2 Å². The van der Waals surface area contributed by atoms with Gasteiger partial charge in [0.25, 0.3) is 5.91 Å². The highest BCUT2D eigenvalue weighted by molar-refractivity contribution is 6.46. The SMILES string of the molecule is CCOC/C(=N\OCc1c(Cl)cccc1/C(=N\OC)C(=O)NC)c1ccccc1Cl. The molecule has 0 aliphatic rings. The summed E-state index contributed by atoms with van der Waals surface area (Å²) in [6.45, 7) is 2.62. The standard InChI is InChI=1S/C21H23Cl2N3O4/c1-4-29-13-19(15-8-5-6-10-17(15)22)25-30-12-16-14(9-7-11-18(16)23)20(26-28-3)21(27)24-2/h5-11H,4,12-13H2,1-3H3,(H,24,27)/b25-19+,26-20+. The summed E-state index contributed by atoms with van der Waals surface area (Å²) in [7, 11) is 2.86. The maximum absolute atomic E-state index is 12.2. The summed E-state index contributed by atoms with van der Waals surface area (Å²) in [5.41, 5.74) is 2.33. The molecule has 2 aromatic rings. The van der Waals surface area contributed by atoms with E-state index in [0.717, 1.165) is 0 Å². The molecule has 0 saturated carbocycles. The van der Waals surface area contributed by atoms with Crippen LogP contribution in [-0.4, -0.2) is 44.7 Å². The first-order chi connectivity index (χ1) is 14.5. The Hall–Kier alpha value is -2.61. The van der Waals surface area contributed by atoms with Gasteiger partial charge in [-0.2, -0.15) is 0 Å². The van der Waals surface area contributed by atoms with Crippen molar-refractivity contribution in [2.24, 2.45) is 10.3 Å². The summed E-state index contributed by atoms with van der Waals surface area (Å²) in [4.78, 5) is 22.6. The summed E-state index contributed by atoms with van der Waals surface area (Å²) in [5, 5.41) is 11.5. The van der Waals surface area contributed by atoms with E-state index >= 15 is 0 Å². The second-order valence-corrected chi connectivity index (χ2v) is 6.71. The number of carbonyl (C=O) groups is 1. The van der Waals surface area contributed by atoms with Crippen LogP contribution in [-0.2, 0) is 25.8 Å². The van der Waals surface area contributed by atoms with Crippen LogP contribution < -0.4 is 5.32 Å². The van der Waals surface area contributed by atoms with Crippen molar-refractivity contribution in [3.05, 3.63) is 69.2 Å². The van der Waals surface area contributed by atoms with Gasteiger partial charge in [0.1, 0.15) is 19.4 Å². The highest BCUT2D eigenvalue weighted by atomic mass is 35.5. The van der Waals surface area contributed by atoms with Gasteiger partial charge in [0.2, 0.25) is 0 Å². The van der Waals surface area contributed by atoms with Crippen molar-refractivity contribution in [3.63, 3.8) is 0 Å². The van der Waals surface area contributed by atoms with Gasteiger partial charge in [-0.1, -0.05) is 63.8 Å². The zero-order chi connectivity index (χ0) is 21.9. The average Bonchev–Trinajstić information content (AvgIpc) is 2.75. The van der Waals surface area contributed by atoms with E-state index in [2.05, 4.69) is 15.6 Å². The van der Waals surface area contributed by atoms with Crippen molar-refractivity contribution in [2.45, 2.75) is 13.5 Å². The molecule has 2 rings (SSSR count). The fraction of sp³-hybridized carbons (Fsp3) is 0.286. The zero-order valence-corrected chi connectivity index (χ0v) is 18.5. The van der Waals surface area contributed by atoms with Crippen molar-refractivity contribution in [2.75, 3.05) is 27.4 Å².